The number of nitrogens with zero attached hydrogens (tertiary/aromatic N) is 4. The molecule has 2 aliphatic rings. The summed E-state index contributed by atoms with van der Waals surface area (Å²) < 4.78 is 16.0. The normalized spacial score (nSPS) is 18.1. The molecule has 0 bridgehead atoms. The topological polar surface area (TPSA) is 83.9 Å². The van der Waals surface area contributed by atoms with Crippen LogP contribution in [-0.4, -0.2) is 86.1 Å². The zero-order valence-electron chi connectivity index (χ0n) is 21.4. The Morgan fingerprint density at radius 1 is 1.03 bits per heavy atom. The first-order chi connectivity index (χ1) is 17.4. The number of amides is 2. The second-order valence-corrected chi connectivity index (χ2v) is 8.89. The van der Waals surface area contributed by atoms with Crippen LogP contribution in [0.4, 0.5) is 4.79 Å². The molecule has 9 heteroatoms. The van der Waals surface area contributed by atoms with E-state index in [4.69, 9.17) is 19.3 Å². The molecule has 36 heavy (non-hydrogen) atoms. The average Bonchev–Trinajstić information content (AvgIpc) is 3.34. The Kier molecular flexibility index (Phi) is 8.10. The first-order valence-electron chi connectivity index (χ1n) is 12.3. The Hall–Kier alpha value is -3.59. The van der Waals surface area contributed by atoms with Crippen molar-refractivity contribution in [1.29, 1.82) is 0 Å². The fraction of sp³-hybridized carbons (Fsp3) is 0.444. The van der Waals surface area contributed by atoms with E-state index in [2.05, 4.69) is 24.0 Å². The van der Waals surface area contributed by atoms with Crippen LogP contribution in [0.15, 0.2) is 47.6 Å². The van der Waals surface area contributed by atoms with E-state index in [1.807, 2.05) is 30.3 Å². The summed E-state index contributed by atoms with van der Waals surface area (Å²) in [4.78, 5) is 29.3. The molecule has 1 saturated heterocycles. The summed E-state index contributed by atoms with van der Waals surface area (Å²) in [6, 6.07) is 13.5. The molecule has 2 aliphatic heterocycles. The highest BCUT2D eigenvalue weighted by molar-refractivity contribution is 6.05. The highest BCUT2D eigenvalue weighted by Gasteiger charge is 2.36. The lowest BCUT2D eigenvalue weighted by Gasteiger charge is -2.34. The van der Waals surface area contributed by atoms with Crippen LogP contribution in [-0.2, 0) is 9.53 Å². The molecule has 0 spiro atoms. The number of benzene rings is 2. The fourth-order valence-electron chi connectivity index (χ4n) is 4.71. The lowest BCUT2D eigenvalue weighted by molar-refractivity contribution is -0.134. The molecule has 1 fully saturated rings. The Balaban J connectivity index is 1.55. The van der Waals surface area contributed by atoms with Gasteiger partial charge in [-0.05, 0) is 37.1 Å². The van der Waals surface area contributed by atoms with Gasteiger partial charge in [-0.2, -0.15) is 5.10 Å². The second kappa shape index (κ2) is 11.4. The summed E-state index contributed by atoms with van der Waals surface area (Å²) >= 11 is 0. The molecule has 4 rings (SSSR count). The third-order valence-electron chi connectivity index (χ3n) is 6.69. The van der Waals surface area contributed by atoms with Gasteiger partial charge in [0, 0.05) is 44.2 Å². The van der Waals surface area contributed by atoms with E-state index in [0.717, 1.165) is 22.4 Å². The molecule has 192 valence electrons. The van der Waals surface area contributed by atoms with E-state index in [9.17, 15) is 9.59 Å². The first kappa shape index (κ1) is 25.5. The molecule has 2 amide bonds. The summed E-state index contributed by atoms with van der Waals surface area (Å²) in [7, 11) is 3.23. The number of hydrogen-bond acceptors (Lipinski definition) is 7. The minimum Gasteiger partial charge on any atom is -0.497 e. The molecule has 2 aromatic carbocycles. The number of piperazine rings is 1. The van der Waals surface area contributed by atoms with E-state index in [1.165, 1.54) is 0 Å². The van der Waals surface area contributed by atoms with Crippen molar-refractivity contribution in [2.45, 2.75) is 26.3 Å². The molecule has 1 unspecified atom stereocenters. The lowest BCUT2D eigenvalue weighted by atomic mass is 9.95. The standard InChI is InChI=1S/C27H34N4O5/c1-5-36-27(33)30-14-12-29(13-15-30)18-26(32)31-24(21-9-7-6-8-19(21)2)17-23(28-31)22-11-10-20(34-3)16-25(22)35-4/h6-11,16,24H,5,12-15,17-18H2,1-4H3. The maximum absolute atomic E-state index is 13.6. The summed E-state index contributed by atoms with van der Waals surface area (Å²) in [5.41, 5.74) is 3.82. The first-order valence-corrected chi connectivity index (χ1v) is 12.3. The van der Waals surface area contributed by atoms with Crippen molar-refractivity contribution < 1.29 is 23.8 Å². The predicted octanol–water partition coefficient (Wildman–Crippen LogP) is 3.46. The zero-order valence-corrected chi connectivity index (χ0v) is 21.4. The maximum Gasteiger partial charge on any atom is 0.409 e. The van der Waals surface area contributed by atoms with Crippen molar-refractivity contribution in [3.05, 3.63) is 59.2 Å². The van der Waals surface area contributed by atoms with Gasteiger partial charge in [-0.15, -0.1) is 0 Å². The molecule has 1 atom stereocenters. The highest BCUT2D eigenvalue weighted by atomic mass is 16.6. The van der Waals surface area contributed by atoms with Crippen LogP contribution in [0.1, 0.15) is 36.1 Å². The van der Waals surface area contributed by atoms with E-state index < -0.39 is 0 Å². The Bertz CT molecular complexity index is 1130. The molecule has 2 aromatic rings. The number of hydrogen-bond donors (Lipinski definition) is 0. The summed E-state index contributed by atoms with van der Waals surface area (Å²) in [6.45, 7) is 6.71. The maximum atomic E-state index is 13.6. The van der Waals surface area contributed by atoms with Gasteiger partial charge in [0.2, 0.25) is 0 Å². The molecular formula is C27H34N4O5. The van der Waals surface area contributed by atoms with Gasteiger partial charge in [-0.25, -0.2) is 9.80 Å². The lowest BCUT2D eigenvalue weighted by Crippen LogP contribution is -2.51. The van der Waals surface area contributed by atoms with Crippen molar-refractivity contribution in [2.24, 2.45) is 5.10 Å². The van der Waals surface area contributed by atoms with Crippen molar-refractivity contribution in [3.8, 4) is 11.5 Å². The Morgan fingerprint density at radius 3 is 2.44 bits per heavy atom. The number of hydrazone groups is 1. The molecule has 9 nitrogen and oxygen atoms in total. The summed E-state index contributed by atoms with van der Waals surface area (Å²) in [6.07, 6.45) is 0.279. The molecule has 2 heterocycles. The minimum absolute atomic E-state index is 0.0738. The van der Waals surface area contributed by atoms with Crippen molar-refractivity contribution in [1.82, 2.24) is 14.8 Å². The molecule has 0 aromatic heterocycles. The number of rotatable bonds is 7. The average molecular weight is 495 g/mol. The van der Waals surface area contributed by atoms with Gasteiger partial charge in [0.15, 0.2) is 0 Å². The van der Waals surface area contributed by atoms with Gasteiger partial charge >= 0.3 is 6.09 Å². The van der Waals surface area contributed by atoms with Gasteiger partial charge in [0.25, 0.3) is 5.91 Å². The van der Waals surface area contributed by atoms with Crippen LogP contribution in [0.2, 0.25) is 0 Å². The van der Waals surface area contributed by atoms with Gasteiger partial charge < -0.3 is 19.1 Å². The molecule has 0 radical (unpaired) electrons. The van der Waals surface area contributed by atoms with Crippen molar-refractivity contribution in [3.63, 3.8) is 0 Å². The monoisotopic (exact) mass is 494 g/mol. The summed E-state index contributed by atoms with van der Waals surface area (Å²) in [5.74, 6) is 1.27. The van der Waals surface area contributed by atoms with Gasteiger partial charge in [-0.3, -0.25) is 9.69 Å². The van der Waals surface area contributed by atoms with Crippen LogP contribution >= 0.6 is 0 Å². The quantitative estimate of drug-likeness (QED) is 0.586. The molecule has 0 aliphatic carbocycles. The summed E-state index contributed by atoms with van der Waals surface area (Å²) in [5, 5.41) is 6.45. The predicted molar refractivity (Wildman–Crippen MR) is 137 cm³/mol. The third kappa shape index (κ3) is 5.46. The van der Waals surface area contributed by atoms with Crippen LogP contribution < -0.4 is 9.47 Å². The Morgan fingerprint density at radius 2 is 1.78 bits per heavy atom. The molecule has 0 saturated carbocycles. The van der Waals surface area contributed by atoms with E-state index >= 15 is 0 Å². The number of carbonyl (C=O) groups is 2. The largest absolute Gasteiger partial charge is 0.497 e. The van der Waals surface area contributed by atoms with E-state index in [0.29, 0.717) is 50.7 Å². The molecular weight excluding hydrogens is 460 g/mol. The van der Waals surface area contributed by atoms with Crippen LogP contribution in [0.5, 0.6) is 11.5 Å². The van der Waals surface area contributed by atoms with Crippen molar-refractivity contribution >= 4 is 17.7 Å². The number of aryl methyl sites for hydroxylation is 1. The Labute approximate surface area is 212 Å². The SMILES string of the molecule is CCOC(=O)N1CCN(CC(=O)N2N=C(c3ccc(OC)cc3OC)CC2c2ccccc2C)CC1. The van der Waals surface area contributed by atoms with Crippen LogP contribution in [0.3, 0.4) is 0 Å². The van der Waals surface area contributed by atoms with Crippen molar-refractivity contribution in [2.75, 3.05) is 53.6 Å². The minimum atomic E-state index is -0.301. The zero-order chi connectivity index (χ0) is 25.7. The second-order valence-electron chi connectivity index (χ2n) is 8.89. The number of carbonyl (C=O) groups excluding carboxylic acids is 2. The van der Waals surface area contributed by atoms with Gasteiger partial charge in [0.05, 0.1) is 39.1 Å². The van der Waals surface area contributed by atoms with Gasteiger partial charge in [-0.1, -0.05) is 24.3 Å². The van der Waals surface area contributed by atoms with Crippen LogP contribution in [0, 0.1) is 6.92 Å². The van der Waals surface area contributed by atoms with Crippen LogP contribution in [0.25, 0.3) is 0 Å². The van der Waals surface area contributed by atoms with E-state index in [-0.39, 0.29) is 24.6 Å². The smallest absolute Gasteiger partial charge is 0.409 e. The van der Waals surface area contributed by atoms with E-state index in [1.54, 1.807) is 31.1 Å². The highest BCUT2D eigenvalue weighted by Crippen LogP contribution is 2.37. The van der Waals surface area contributed by atoms with Gasteiger partial charge in [0.1, 0.15) is 11.5 Å². The fourth-order valence-corrected chi connectivity index (χ4v) is 4.71. The molecule has 0 N–H and O–H groups in total. The number of ether oxygens (including phenoxy) is 3. The third-order valence-corrected chi connectivity index (χ3v) is 6.69. The number of methoxy groups -OCH3 is 2.